The van der Waals surface area contributed by atoms with Gasteiger partial charge in [0.05, 0.1) is 12.3 Å². The minimum Gasteiger partial charge on any atom is -0.392 e. The zero-order chi connectivity index (χ0) is 12.3. The van der Waals surface area contributed by atoms with Crippen LogP contribution in [0.4, 0.5) is 0 Å². The topological polar surface area (TPSA) is 38.0 Å². The van der Waals surface area contributed by atoms with Gasteiger partial charge in [0.15, 0.2) is 0 Å². The Labute approximate surface area is 109 Å². The predicted molar refractivity (Wildman–Crippen MR) is 71.2 cm³/mol. The van der Waals surface area contributed by atoms with Crippen LogP contribution in [0.15, 0.2) is 35.1 Å². The van der Waals surface area contributed by atoms with Gasteiger partial charge in [0.2, 0.25) is 0 Å². The molecule has 0 amide bonds. The normalized spacial score (nSPS) is 10.8. The van der Waals surface area contributed by atoms with E-state index in [4.69, 9.17) is 5.11 Å². The molecule has 0 aliphatic rings. The molecule has 0 bridgehead atoms. The molecule has 1 aromatic heterocycles. The van der Waals surface area contributed by atoms with Gasteiger partial charge in [0, 0.05) is 23.3 Å². The summed E-state index contributed by atoms with van der Waals surface area (Å²) >= 11 is 3.53. The quantitative estimate of drug-likeness (QED) is 0.941. The monoisotopic (exact) mass is 294 g/mol. The van der Waals surface area contributed by atoms with Crippen molar-refractivity contribution in [1.29, 1.82) is 0 Å². The highest BCUT2D eigenvalue weighted by Crippen LogP contribution is 2.24. The number of nitrogens with zero attached hydrogens (tertiary/aromatic N) is 2. The van der Waals surface area contributed by atoms with Gasteiger partial charge in [0.25, 0.3) is 0 Å². The largest absolute Gasteiger partial charge is 0.392 e. The zero-order valence-electron chi connectivity index (χ0n) is 9.73. The van der Waals surface area contributed by atoms with Crippen molar-refractivity contribution in [3.05, 3.63) is 46.5 Å². The molecule has 0 radical (unpaired) electrons. The van der Waals surface area contributed by atoms with Gasteiger partial charge in [-0.15, -0.1) is 0 Å². The molecule has 0 unspecified atom stereocenters. The lowest BCUT2D eigenvalue weighted by Gasteiger charge is -2.10. The number of hydrogen-bond donors (Lipinski definition) is 1. The van der Waals surface area contributed by atoms with Crippen LogP contribution in [0, 0.1) is 0 Å². The molecule has 1 N–H and O–H groups in total. The number of rotatable bonds is 4. The van der Waals surface area contributed by atoms with Gasteiger partial charge in [0.1, 0.15) is 5.82 Å². The first-order valence-electron chi connectivity index (χ1n) is 5.68. The van der Waals surface area contributed by atoms with E-state index in [1.165, 1.54) is 0 Å². The number of halogens is 1. The fourth-order valence-corrected chi connectivity index (χ4v) is 2.42. The Morgan fingerprint density at radius 2 is 2.24 bits per heavy atom. The van der Waals surface area contributed by atoms with Crippen LogP contribution in [-0.2, 0) is 13.0 Å². The number of aliphatic hydroxyl groups is 1. The molecule has 17 heavy (non-hydrogen) atoms. The number of hydrogen-bond acceptors (Lipinski definition) is 2. The Kier molecular flexibility index (Phi) is 3.97. The average molecular weight is 295 g/mol. The van der Waals surface area contributed by atoms with Crippen LogP contribution >= 0.6 is 15.9 Å². The number of imidazole rings is 1. The molecular formula is C13H15BrN2O. The summed E-state index contributed by atoms with van der Waals surface area (Å²) in [6, 6.07) is 5.86. The third-order valence-corrected chi connectivity index (χ3v) is 3.28. The second-order valence-corrected chi connectivity index (χ2v) is 4.76. The fraction of sp³-hybridized carbons (Fsp3) is 0.308. The van der Waals surface area contributed by atoms with Crippen LogP contribution in [0.2, 0.25) is 0 Å². The summed E-state index contributed by atoms with van der Waals surface area (Å²) in [5.74, 6) is 1.06. The maximum Gasteiger partial charge on any atom is 0.113 e. The molecule has 0 saturated carbocycles. The predicted octanol–water partition coefficient (Wildman–Crippen LogP) is 3.08. The van der Waals surface area contributed by atoms with Crippen LogP contribution in [0.3, 0.4) is 0 Å². The van der Waals surface area contributed by atoms with Crippen LogP contribution in [0.25, 0.3) is 5.69 Å². The van der Waals surface area contributed by atoms with Gasteiger partial charge in [-0.3, -0.25) is 0 Å². The Bertz CT molecular complexity index is 508. The van der Waals surface area contributed by atoms with Crippen molar-refractivity contribution in [3.63, 3.8) is 0 Å². The second kappa shape index (κ2) is 5.47. The molecule has 2 aromatic rings. The highest BCUT2D eigenvalue weighted by atomic mass is 79.9. The third kappa shape index (κ3) is 2.58. The summed E-state index contributed by atoms with van der Waals surface area (Å²) in [5, 5.41) is 9.08. The maximum atomic E-state index is 9.08. The Morgan fingerprint density at radius 1 is 1.41 bits per heavy atom. The summed E-state index contributed by atoms with van der Waals surface area (Å²) < 4.78 is 3.05. The van der Waals surface area contributed by atoms with Crippen LogP contribution in [0.5, 0.6) is 0 Å². The molecule has 1 aromatic carbocycles. The molecular weight excluding hydrogens is 280 g/mol. The van der Waals surface area contributed by atoms with E-state index in [0.29, 0.717) is 0 Å². The molecule has 2 rings (SSSR count). The summed E-state index contributed by atoms with van der Waals surface area (Å²) in [6.45, 7) is 2.20. The van der Waals surface area contributed by atoms with Gasteiger partial charge in [-0.25, -0.2) is 4.98 Å². The van der Waals surface area contributed by atoms with Crippen molar-refractivity contribution in [2.45, 2.75) is 26.4 Å². The lowest BCUT2D eigenvalue weighted by molar-refractivity contribution is 0.282. The van der Waals surface area contributed by atoms with E-state index in [-0.39, 0.29) is 6.61 Å². The highest BCUT2D eigenvalue weighted by molar-refractivity contribution is 9.10. The minimum atomic E-state index is 0.0601. The van der Waals surface area contributed by atoms with Gasteiger partial charge >= 0.3 is 0 Å². The van der Waals surface area contributed by atoms with Crippen molar-refractivity contribution >= 4 is 15.9 Å². The first-order valence-corrected chi connectivity index (χ1v) is 6.47. The smallest absolute Gasteiger partial charge is 0.113 e. The standard InChI is InChI=1S/C13H15BrN2O/c1-2-3-13-15-6-7-16(13)12-5-4-10(9-17)8-11(12)14/h4-8,17H,2-3,9H2,1H3. The second-order valence-electron chi connectivity index (χ2n) is 3.91. The zero-order valence-corrected chi connectivity index (χ0v) is 11.3. The maximum absolute atomic E-state index is 9.08. The number of aryl methyl sites for hydroxylation is 1. The number of benzene rings is 1. The molecule has 90 valence electrons. The minimum absolute atomic E-state index is 0.0601. The summed E-state index contributed by atoms with van der Waals surface area (Å²) in [4.78, 5) is 4.36. The molecule has 0 aliphatic carbocycles. The summed E-state index contributed by atoms with van der Waals surface area (Å²) in [6.07, 6.45) is 5.81. The van der Waals surface area contributed by atoms with E-state index in [1.54, 1.807) is 0 Å². The van der Waals surface area contributed by atoms with Crippen molar-refractivity contribution in [2.24, 2.45) is 0 Å². The SMILES string of the molecule is CCCc1nccn1-c1ccc(CO)cc1Br. The molecule has 4 heteroatoms. The molecule has 3 nitrogen and oxygen atoms in total. The summed E-state index contributed by atoms with van der Waals surface area (Å²) in [7, 11) is 0. The first kappa shape index (κ1) is 12.3. The first-order chi connectivity index (χ1) is 8.26. The molecule has 0 spiro atoms. The van der Waals surface area contributed by atoms with Gasteiger partial charge in [-0.1, -0.05) is 13.0 Å². The van der Waals surface area contributed by atoms with Crippen molar-refractivity contribution in [2.75, 3.05) is 0 Å². The molecule has 0 atom stereocenters. The van der Waals surface area contributed by atoms with Crippen molar-refractivity contribution in [3.8, 4) is 5.69 Å². The van der Waals surface area contributed by atoms with Gasteiger partial charge in [-0.2, -0.15) is 0 Å². The van der Waals surface area contributed by atoms with Gasteiger partial charge < -0.3 is 9.67 Å². The Hall–Kier alpha value is -1.13. The molecule has 0 saturated heterocycles. The van der Waals surface area contributed by atoms with Gasteiger partial charge in [-0.05, 0) is 40.0 Å². The molecule has 0 aliphatic heterocycles. The van der Waals surface area contributed by atoms with E-state index < -0.39 is 0 Å². The van der Waals surface area contributed by atoms with Crippen molar-refractivity contribution < 1.29 is 5.11 Å². The van der Waals surface area contributed by atoms with Crippen molar-refractivity contribution in [1.82, 2.24) is 9.55 Å². The number of aliphatic hydroxyl groups excluding tert-OH is 1. The lowest BCUT2D eigenvalue weighted by atomic mass is 10.2. The number of aromatic nitrogens is 2. The van der Waals surface area contributed by atoms with E-state index in [1.807, 2.05) is 30.6 Å². The third-order valence-electron chi connectivity index (χ3n) is 2.65. The van der Waals surface area contributed by atoms with Crippen LogP contribution in [-0.4, -0.2) is 14.7 Å². The molecule has 0 fully saturated rings. The van der Waals surface area contributed by atoms with Crippen LogP contribution < -0.4 is 0 Å². The van der Waals surface area contributed by atoms with E-state index >= 15 is 0 Å². The summed E-state index contributed by atoms with van der Waals surface area (Å²) in [5.41, 5.74) is 1.96. The average Bonchev–Trinajstić information content (AvgIpc) is 2.77. The van der Waals surface area contributed by atoms with E-state index in [9.17, 15) is 0 Å². The fourth-order valence-electron chi connectivity index (χ4n) is 1.81. The Balaban J connectivity index is 2.42. The lowest BCUT2D eigenvalue weighted by Crippen LogP contribution is -2.01. The van der Waals surface area contributed by atoms with E-state index in [2.05, 4.69) is 32.4 Å². The van der Waals surface area contributed by atoms with Crippen LogP contribution in [0.1, 0.15) is 24.7 Å². The Morgan fingerprint density at radius 3 is 2.88 bits per heavy atom. The highest BCUT2D eigenvalue weighted by Gasteiger charge is 2.07. The molecule has 1 heterocycles. The van der Waals surface area contributed by atoms with E-state index in [0.717, 1.165) is 34.4 Å².